The van der Waals surface area contributed by atoms with E-state index >= 15 is 0 Å². The van der Waals surface area contributed by atoms with Crippen LogP contribution in [0.4, 0.5) is 5.82 Å². The highest BCUT2D eigenvalue weighted by molar-refractivity contribution is 9.10. The Morgan fingerprint density at radius 2 is 2.21 bits per heavy atom. The van der Waals surface area contributed by atoms with E-state index in [2.05, 4.69) is 44.1 Å². The van der Waals surface area contributed by atoms with Gasteiger partial charge in [-0.05, 0) is 53.2 Å². The third-order valence-corrected chi connectivity index (χ3v) is 4.44. The van der Waals surface area contributed by atoms with Gasteiger partial charge in [0.1, 0.15) is 5.82 Å². The molecule has 4 nitrogen and oxygen atoms in total. The monoisotopic (exact) mass is 325 g/mol. The topological polar surface area (TPSA) is 45.2 Å². The lowest BCUT2D eigenvalue weighted by molar-refractivity contribution is -0.119. The first kappa shape index (κ1) is 14.3. The summed E-state index contributed by atoms with van der Waals surface area (Å²) in [6, 6.07) is 2.12. The van der Waals surface area contributed by atoms with Gasteiger partial charge in [0.15, 0.2) is 0 Å². The van der Waals surface area contributed by atoms with Crippen molar-refractivity contribution in [2.75, 3.05) is 24.5 Å². The standard InChI is InChI=1S/C14H20BrN3O/c1-10-7-14(17-9-13(10)15)18-5-3-12(4-6-18)8-16-11(2)19/h7,9,12H,3-6,8H2,1-2H3,(H,16,19). The number of rotatable bonds is 3. The van der Waals surface area contributed by atoms with Crippen molar-refractivity contribution in [2.24, 2.45) is 5.92 Å². The molecule has 19 heavy (non-hydrogen) atoms. The zero-order valence-electron chi connectivity index (χ0n) is 11.4. The lowest BCUT2D eigenvalue weighted by Crippen LogP contribution is -2.38. The highest BCUT2D eigenvalue weighted by Gasteiger charge is 2.20. The molecule has 1 saturated heterocycles. The first-order chi connectivity index (χ1) is 9.06. The maximum atomic E-state index is 10.9. The molecule has 0 atom stereocenters. The van der Waals surface area contributed by atoms with Gasteiger partial charge in [-0.15, -0.1) is 0 Å². The Morgan fingerprint density at radius 1 is 1.53 bits per heavy atom. The summed E-state index contributed by atoms with van der Waals surface area (Å²) in [6.07, 6.45) is 4.09. The van der Waals surface area contributed by atoms with Gasteiger partial charge in [0.2, 0.25) is 5.91 Å². The Morgan fingerprint density at radius 3 is 2.79 bits per heavy atom. The van der Waals surface area contributed by atoms with E-state index in [0.717, 1.165) is 42.8 Å². The van der Waals surface area contributed by atoms with Gasteiger partial charge in [-0.2, -0.15) is 0 Å². The molecule has 1 aliphatic rings. The van der Waals surface area contributed by atoms with Gasteiger partial charge in [0.05, 0.1) is 0 Å². The molecule has 104 valence electrons. The van der Waals surface area contributed by atoms with Crippen LogP contribution in [0.5, 0.6) is 0 Å². The van der Waals surface area contributed by atoms with Crippen molar-refractivity contribution in [2.45, 2.75) is 26.7 Å². The number of amides is 1. The summed E-state index contributed by atoms with van der Waals surface area (Å²) >= 11 is 3.48. The molecular formula is C14H20BrN3O. The normalized spacial score (nSPS) is 16.5. The maximum absolute atomic E-state index is 10.9. The van der Waals surface area contributed by atoms with E-state index in [1.165, 1.54) is 5.56 Å². The highest BCUT2D eigenvalue weighted by atomic mass is 79.9. The van der Waals surface area contributed by atoms with E-state index in [1.54, 1.807) is 6.92 Å². The summed E-state index contributed by atoms with van der Waals surface area (Å²) in [5.41, 5.74) is 1.21. The minimum atomic E-state index is 0.0626. The Bertz CT molecular complexity index is 456. The second-order valence-electron chi connectivity index (χ2n) is 5.16. The minimum Gasteiger partial charge on any atom is -0.357 e. The number of hydrogen-bond acceptors (Lipinski definition) is 3. The zero-order chi connectivity index (χ0) is 13.8. The number of nitrogens with zero attached hydrogens (tertiary/aromatic N) is 2. The molecule has 0 bridgehead atoms. The van der Waals surface area contributed by atoms with Crippen molar-refractivity contribution in [3.05, 3.63) is 22.3 Å². The predicted octanol–water partition coefficient (Wildman–Crippen LogP) is 2.51. The van der Waals surface area contributed by atoms with Crippen molar-refractivity contribution in [3.8, 4) is 0 Å². The smallest absolute Gasteiger partial charge is 0.216 e. The molecule has 1 aromatic heterocycles. The average Bonchev–Trinajstić information content (AvgIpc) is 2.40. The number of hydrogen-bond donors (Lipinski definition) is 1. The number of anilines is 1. The van der Waals surface area contributed by atoms with Crippen LogP contribution in [0.1, 0.15) is 25.3 Å². The summed E-state index contributed by atoms with van der Waals surface area (Å²) in [5, 5.41) is 2.91. The van der Waals surface area contributed by atoms with Crippen molar-refractivity contribution >= 4 is 27.7 Å². The van der Waals surface area contributed by atoms with Crippen molar-refractivity contribution in [1.29, 1.82) is 0 Å². The molecule has 2 rings (SSSR count). The third-order valence-electron chi connectivity index (χ3n) is 3.61. The van der Waals surface area contributed by atoms with E-state index in [0.29, 0.717) is 5.92 Å². The second-order valence-corrected chi connectivity index (χ2v) is 6.01. The number of piperidine rings is 1. The van der Waals surface area contributed by atoms with E-state index in [9.17, 15) is 4.79 Å². The summed E-state index contributed by atoms with van der Waals surface area (Å²) in [4.78, 5) is 17.7. The third kappa shape index (κ3) is 3.93. The van der Waals surface area contributed by atoms with Crippen LogP contribution in [0.15, 0.2) is 16.7 Å². The number of carbonyl (C=O) groups is 1. The fourth-order valence-corrected chi connectivity index (χ4v) is 2.57. The summed E-state index contributed by atoms with van der Waals surface area (Å²) in [6.45, 7) is 6.48. The molecule has 1 fully saturated rings. The Hall–Kier alpha value is -1.10. The van der Waals surface area contributed by atoms with Crippen LogP contribution in [0.3, 0.4) is 0 Å². The first-order valence-corrected chi connectivity index (χ1v) is 7.47. The molecule has 0 spiro atoms. The number of halogens is 1. The molecule has 2 heterocycles. The zero-order valence-corrected chi connectivity index (χ0v) is 13.0. The lowest BCUT2D eigenvalue weighted by Gasteiger charge is -2.33. The minimum absolute atomic E-state index is 0.0626. The van der Waals surface area contributed by atoms with Crippen LogP contribution in [0, 0.1) is 12.8 Å². The van der Waals surface area contributed by atoms with Crippen molar-refractivity contribution in [3.63, 3.8) is 0 Å². The van der Waals surface area contributed by atoms with Gasteiger partial charge in [0, 0.05) is 37.2 Å². The Labute approximate surface area is 122 Å². The number of aryl methyl sites for hydroxylation is 1. The molecular weight excluding hydrogens is 306 g/mol. The first-order valence-electron chi connectivity index (χ1n) is 6.68. The molecule has 0 unspecified atom stereocenters. The van der Waals surface area contributed by atoms with E-state index in [1.807, 2.05) is 6.20 Å². The molecule has 1 aromatic rings. The molecule has 1 N–H and O–H groups in total. The Balaban J connectivity index is 1.88. The van der Waals surface area contributed by atoms with Crippen LogP contribution >= 0.6 is 15.9 Å². The fourth-order valence-electron chi connectivity index (χ4n) is 2.35. The molecule has 1 aliphatic heterocycles. The summed E-state index contributed by atoms with van der Waals surface area (Å²) in [7, 11) is 0. The molecule has 5 heteroatoms. The van der Waals surface area contributed by atoms with Gasteiger partial charge < -0.3 is 10.2 Å². The molecule has 0 radical (unpaired) electrons. The summed E-state index contributed by atoms with van der Waals surface area (Å²) < 4.78 is 1.05. The maximum Gasteiger partial charge on any atom is 0.216 e. The van der Waals surface area contributed by atoms with Gasteiger partial charge in [-0.3, -0.25) is 4.79 Å². The fraction of sp³-hybridized carbons (Fsp3) is 0.571. The Kier molecular flexibility index (Phi) is 4.80. The van der Waals surface area contributed by atoms with E-state index in [4.69, 9.17) is 0 Å². The van der Waals surface area contributed by atoms with Crippen molar-refractivity contribution < 1.29 is 4.79 Å². The van der Waals surface area contributed by atoms with Gasteiger partial charge >= 0.3 is 0 Å². The quantitative estimate of drug-likeness (QED) is 0.928. The largest absolute Gasteiger partial charge is 0.357 e. The van der Waals surface area contributed by atoms with E-state index < -0.39 is 0 Å². The molecule has 1 amide bonds. The van der Waals surface area contributed by atoms with Crippen LogP contribution in [-0.2, 0) is 4.79 Å². The lowest BCUT2D eigenvalue weighted by atomic mass is 9.96. The number of nitrogens with one attached hydrogen (secondary N) is 1. The molecule has 0 saturated carbocycles. The van der Waals surface area contributed by atoms with Crippen LogP contribution < -0.4 is 10.2 Å². The molecule has 0 aromatic carbocycles. The van der Waals surface area contributed by atoms with Gasteiger partial charge in [-0.1, -0.05) is 0 Å². The number of carbonyl (C=O) groups excluding carboxylic acids is 1. The van der Waals surface area contributed by atoms with Crippen LogP contribution in [0.2, 0.25) is 0 Å². The van der Waals surface area contributed by atoms with Crippen LogP contribution in [0.25, 0.3) is 0 Å². The summed E-state index contributed by atoms with van der Waals surface area (Å²) in [5.74, 6) is 1.71. The SMILES string of the molecule is CC(=O)NCC1CCN(c2cc(C)c(Br)cn2)CC1. The number of pyridine rings is 1. The van der Waals surface area contributed by atoms with Gasteiger partial charge in [-0.25, -0.2) is 4.98 Å². The van der Waals surface area contributed by atoms with Crippen LogP contribution in [-0.4, -0.2) is 30.5 Å². The molecule has 0 aliphatic carbocycles. The number of aromatic nitrogens is 1. The van der Waals surface area contributed by atoms with E-state index in [-0.39, 0.29) is 5.91 Å². The highest BCUT2D eigenvalue weighted by Crippen LogP contribution is 2.24. The van der Waals surface area contributed by atoms with Gasteiger partial charge in [0.25, 0.3) is 0 Å². The average molecular weight is 326 g/mol. The predicted molar refractivity (Wildman–Crippen MR) is 80.3 cm³/mol. The second kappa shape index (κ2) is 6.37. The van der Waals surface area contributed by atoms with Crippen molar-refractivity contribution in [1.82, 2.24) is 10.3 Å².